The standard InChI is InChI=1S/C42H85NO3/c1-9-11-13-15-17-19-21-23-25-27-29-31-33-40(34-32-30-28-26-24-22-20-18-16-14-12-10-2)46-43-39(3)35-36-42(6,7)45-38-37-41(4,5)44-8/h40H,9-38H2,1-8H3. The van der Waals surface area contributed by atoms with Crippen molar-refractivity contribution in [2.75, 3.05) is 13.7 Å². The molecule has 0 heterocycles. The predicted molar refractivity (Wildman–Crippen MR) is 204 cm³/mol. The Hall–Kier alpha value is -0.610. The molecule has 0 bridgehead atoms. The summed E-state index contributed by atoms with van der Waals surface area (Å²) in [5.41, 5.74) is 0.768. The van der Waals surface area contributed by atoms with Gasteiger partial charge in [-0.3, -0.25) is 0 Å². The lowest BCUT2D eigenvalue weighted by molar-refractivity contribution is -0.0604. The molecule has 0 saturated heterocycles. The summed E-state index contributed by atoms with van der Waals surface area (Å²) < 4.78 is 11.8. The van der Waals surface area contributed by atoms with Crippen LogP contribution in [0, 0.1) is 0 Å². The van der Waals surface area contributed by atoms with Crippen LogP contribution in [-0.2, 0) is 14.3 Å². The topological polar surface area (TPSA) is 40.0 Å². The van der Waals surface area contributed by atoms with Crippen LogP contribution in [0.15, 0.2) is 5.16 Å². The third-order valence-corrected chi connectivity index (χ3v) is 9.96. The highest BCUT2D eigenvalue weighted by molar-refractivity contribution is 5.81. The molecular formula is C42H85NO3. The summed E-state index contributed by atoms with van der Waals surface area (Å²) >= 11 is 0. The largest absolute Gasteiger partial charge is 0.393 e. The highest BCUT2D eigenvalue weighted by atomic mass is 16.6. The maximum atomic E-state index is 6.24. The van der Waals surface area contributed by atoms with E-state index in [1.165, 1.54) is 154 Å². The maximum absolute atomic E-state index is 6.24. The molecule has 4 nitrogen and oxygen atoms in total. The van der Waals surface area contributed by atoms with E-state index in [1.807, 2.05) is 0 Å². The molecule has 0 spiro atoms. The summed E-state index contributed by atoms with van der Waals surface area (Å²) in [6.45, 7) is 16.0. The van der Waals surface area contributed by atoms with E-state index in [2.05, 4.69) is 53.6 Å². The summed E-state index contributed by atoms with van der Waals surface area (Å²) in [7, 11) is 1.77. The minimum absolute atomic E-state index is 0.141. The highest BCUT2D eigenvalue weighted by Gasteiger charge is 2.22. The van der Waals surface area contributed by atoms with Crippen LogP contribution in [0.25, 0.3) is 0 Å². The molecule has 0 fully saturated rings. The smallest absolute Gasteiger partial charge is 0.127 e. The molecule has 0 unspecified atom stereocenters. The molecule has 0 aliphatic heterocycles. The van der Waals surface area contributed by atoms with Gasteiger partial charge in [-0.05, 0) is 79.6 Å². The van der Waals surface area contributed by atoms with E-state index < -0.39 is 0 Å². The van der Waals surface area contributed by atoms with E-state index in [1.54, 1.807) is 7.11 Å². The van der Waals surface area contributed by atoms with Gasteiger partial charge in [0.15, 0.2) is 0 Å². The van der Waals surface area contributed by atoms with Crippen molar-refractivity contribution in [1.82, 2.24) is 0 Å². The fourth-order valence-corrected chi connectivity index (χ4v) is 6.12. The van der Waals surface area contributed by atoms with Gasteiger partial charge >= 0.3 is 0 Å². The second-order valence-electron chi connectivity index (χ2n) is 15.7. The molecule has 276 valence electrons. The van der Waals surface area contributed by atoms with Gasteiger partial charge in [0.2, 0.25) is 0 Å². The van der Waals surface area contributed by atoms with E-state index in [0.29, 0.717) is 6.61 Å². The third-order valence-electron chi connectivity index (χ3n) is 9.96. The molecule has 0 saturated carbocycles. The van der Waals surface area contributed by atoms with Gasteiger partial charge in [0.05, 0.1) is 23.5 Å². The van der Waals surface area contributed by atoms with Crippen molar-refractivity contribution in [2.24, 2.45) is 5.16 Å². The average molecular weight is 652 g/mol. The lowest BCUT2D eigenvalue weighted by Gasteiger charge is -2.29. The molecule has 0 radical (unpaired) electrons. The summed E-state index contributed by atoms with van der Waals surface area (Å²) in [6, 6.07) is 0. The molecule has 0 aromatic heterocycles. The Morgan fingerprint density at radius 1 is 0.522 bits per heavy atom. The van der Waals surface area contributed by atoms with E-state index in [0.717, 1.165) is 37.8 Å². The fourth-order valence-electron chi connectivity index (χ4n) is 6.12. The van der Waals surface area contributed by atoms with Gasteiger partial charge in [0.1, 0.15) is 6.10 Å². The molecule has 4 heteroatoms. The summed E-state index contributed by atoms with van der Waals surface area (Å²) in [4.78, 5) is 6.24. The van der Waals surface area contributed by atoms with Gasteiger partial charge in [-0.2, -0.15) is 0 Å². The zero-order valence-electron chi connectivity index (χ0n) is 33.0. The Labute approximate surface area is 290 Å². The number of ether oxygens (including phenoxy) is 2. The first-order chi connectivity index (χ1) is 22.2. The zero-order valence-corrected chi connectivity index (χ0v) is 33.0. The quantitative estimate of drug-likeness (QED) is 0.0384. The summed E-state index contributed by atoms with van der Waals surface area (Å²) in [5, 5.41) is 4.65. The number of nitrogens with zero attached hydrogens (tertiary/aromatic N) is 1. The second kappa shape index (κ2) is 31.6. The van der Waals surface area contributed by atoms with Crippen LogP contribution in [0.5, 0.6) is 0 Å². The maximum Gasteiger partial charge on any atom is 0.127 e. The number of oxime groups is 1. The zero-order chi connectivity index (χ0) is 34.2. The van der Waals surface area contributed by atoms with Crippen molar-refractivity contribution < 1.29 is 14.3 Å². The number of rotatable bonds is 36. The van der Waals surface area contributed by atoms with Crippen molar-refractivity contribution in [2.45, 2.75) is 252 Å². The SMILES string of the molecule is CCCCCCCCCCCCCCC(CCCCCCCCCCCCCC)ON=C(C)CCC(C)(C)OCCC(C)(C)OC. The second-order valence-corrected chi connectivity index (χ2v) is 15.7. The molecule has 0 rings (SSSR count). The first-order valence-corrected chi connectivity index (χ1v) is 20.5. The van der Waals surface area contributed by atoms with Gasteiger partial charge < -0.3 is 14.3 Å². The molecule has 0 aliphatic rings. The van der Waals surface area contributed by atoms with Gasteiger partial charge in [-0.15, -0.1) is 0 Å². The minimum Gasteiger partial charge on any atom is -0.393 e. The number of hydrogen-bond donors (Lipinski definition) is 0. The van der Waals surface area contributed by atoms with Crippen molar-refractivity contribution in [1.29, 1.82) is 0 Å². The first kappa shape index (κ1) is 45.4. The van der Waals surface area contributed by atoms with E-state index >= 15 is 0 Å². The van der Waals surface area contributed by atoms with Crippen molar-refractivity contribution in [3.05, 3.63) is 0 Å². The van der Waals surface area contributed by atoms with E-state index in [4.69, 9.17) is 14.3 Å². The molecule has 46 heavy (non-hydrogen) atoms. The van der Waals surface area contributed by atoms with Crippen LogP contribution < -0.4 is 0 Å². The Bertz CT molecular complexity index is 631. The van der Waals surface area contributed by atoms with Gasteiger partial charge in [-0.25, -0.2) is 0 Å². The molecule has 0 aliphatic carbocycles. The molecule has 0 N–H and O–H groups in total. The van der Waals surface area contributed by atoms with Gasteiger partial charge in [0, 0.05) is 7.11 Å². The van der Waals surface area contributed by atoms with Crippen molar-refractivity contribution in [3.8, 4) is 0 Å². The Balaban J connectivity index is 4.41. The van der Waals surface area contributed by atoms with E-state index in [-0.39, 0.29) is 17.3 Å². The molecule has 0 aromatic carbocycles. The van der Waals surface area contributed by atoms with Crippen LogP contribution in [-0.4, -0.2) is 36.7 Å². The van der Waals surface area contributed by atoms with E-state index in [9.17, 15) is 0 Å². The first-order valence-electron chi connectivity index (χ1n) is 20.5. The fraction of sp³-hybridized carbons (Fsp3) is 0.976. The summed E-state index contributed by atoms with van der Waals surface area (Å²) in [5.74, 6) is 0. The Morgan fingerprint density at radius 3 is 1.26 bits per heavy atom. The van der Waals surface area contributed by atoms with Crippen LogP contribution >= 0.6 is 0 Å². The number of unbranched alkanes of at least 4 members (excludes halogenated alkanes) is 22. The molecule has 0 amide bonds. The number of methoxy groups -OCH3 is 1. The lowest BCUT2D eigenvalue weighted by atomic mass is 10.00. The number of hydrogen-bond acceptors (Lipinski definition) is 4. The van der Waals surface area contributed by atoms with Crippen LogP contribution in [0.2, 0.25) is 0 Å². The van der Waals surface area contributed by atoms with Crippen molar-refractivity contribution in [3.63, 3.8) is 0 Å². The molecular weight excluding hydrogens is 566 g/mol. The normalized spacial score (nSPS) is 12.8. The monoisotopic (exact) mass is 652 g/mol. The lowest BCUT2D eigenvalue weighted by Crippen LogP contribution is -2.30. The van der Waals surface area contributed by atoms with Crippen molar-refractivity contribution >= 4 is 5.71 Å². The van der Waals surface area contributed by atoms with Crippen LogP contribution in [0.4, 0.5) is 0 Å². The van der Waals surface area contributed by atoms with Crippen LogP contribution in [0.3, 0.4) is 0 Å². The minimum atomic E-state index is -0.176. The Morgan fingerprint density at radius 2 is 0.891 bits per heavy atom. The average Bonchev–Trinajstić information content (AvgIpc) is 3.03. The predicted octanol–water partition coefficient (Wildman–Crippen LogP) is 14.3. The summed E-state index contributed by atoms with van der Waals surface area (Å²) in [6.07, 6.45) is 38.8. The Kier molecular flexibility index (Phi) is 31.2. The molecule has 0 aromatic rings. The van der Waals surface area contributed by atoms with Gasteiger partial charge in [-0.1, -0.05) is 160 Å². The third kappa shape index (κ3) is 32.0. The highest BCUT2D eigenvalue weighted by Crippen LogP contribution is 2.22. The molecule has 0 atom stereocenters. The van der Waals surface area contributed by atoms with Gasteiger partial charge in [0.25, 0.3) is 0 Å². The van der Waals surface area contributed by atoms with Crippen LogP contribution in [0.1, 0.15) is 235 Å².